The van der Waals surface area contributed by atoms with E-state index in [9.17, 15) is 22.8 Å². The maximum absolute atomic E-state index is 13.4. The molecule has 0 atom stereocenters. The third kappa shape index (κ3) is 5.09. The van der Waals surface area contributed by atoms with E-state index in [1.165, 1.54) is 28.3 Å². The zero-order chi connectivity index (χ0) is 26.0. The Hall–Kier alpha value is -4.15. The van der Waals surface area contributed by atoms with Gasteiger partial charge in [0, 0.05) is 43.6 Å². The van der Waals surface area contributed by atoms with Crippen molar-refractivity contribution in [3.05, 3.63) is 71.0 Å². The topological polar surface area (TPSA) is 90.5 Å². The van der Waals surface area contributed by atoms with E-state index in [4.69, 9.17) is 0 Å². The molecule has 8 nitrogen and oxygen atoms in total. The molecule has 0 bridgehead atoms. The smallest absolute Gasteiger partial charge is 0.373 e. The third-order valence-corrected chi connectivity index (χ3v) is 6.06. The van der Waals surface area contributed by atoms with E-state index in [0.717, 1.165) is 12.1 Å². The molecule has 1 aliphatic rings. The van der Waals surface area contributed by atoms with Gasteiger partial charge in [-0.15, -0.1) is 0 Å². The summed E-state index contributed by atoms with van der Waals surface area (Å²) in [7, 11) is 3.24. The van der Waals surface area contributed by atoms with Crippen molar-refractivity contribution in [2.24, 2.45) is 0 Å². The van der Waals surface area contributed by atoms with Crippen molar-refractivity contribution < 1.29 is 22.8 Å². The summed E-state index contributed by atoms with van der Waals surface area (Å²) in [5.74, 6) is 0.467. The van der Waals surface area contributed by atoms with Crippen molar-refractivity contribution >= 4 is 34.9 Å². The molecule has 2 aromatic carbocycles. The van der Waals surface area contributed by atoms with E-state index in [1.54, 1.807) is 39.2 Å². The molecular weight excluding hydrogens is 473 g/mol. The summed E-state index contributed by atoms with van der Waals surface area (Å²) in [5.41, 5.74) is 1.52. The summed E-state index contributed by atoms with van der Waals surface area (Å²) in [6.07, 6.45) is -1.95. The molecule has 0 unspecified atom stereocenters. The fraction of sp³-hybridized carbons (Fsp3) is 0.280. The summed E-state index contributed by atoms with van der Waals surface area (Å²) in [6, 6.07) is 9.44. The number of carbonyl (C=O) groups excluding carboxylic acids is 2. The summed E-state index contributed by atoms with van der Waals surface area (Å²) in [5, 5.41) is 5.65. The van der Waals surface area contributed by atoms with E-state index in [-0.39, 0.29) is 11.3 Å². The Labute approximate surface area is 206 Å². The lowest BCUT2D eigenvalue weighted by Crippen LogP contribution is -2.36. The molecule has 3 aromatic rings. The van der Waals surface area contributed by atoms with Gasteiger partial charge in [-0.25, -0.2) is 14.8 Å². The monoisotopic (exact) mass is 498 g/mol. The van der Waals surface area contributed by atoms with Crippen molar-refractivity contribution in [1.82, 2.24) is 9.97 Å². The van der Waals surface area contributed by atoms with Crippen LogP contribution in [0.1, 0.15) is 33.5 Å². The number of alkyl halides is 3. The van der Waals surface area contributed by atoms with Crippen molar-refractivity contribution in [3.8, 4) is 0 Å². The van der Waals surface area contributed by atoms with Gasteiger partial charge < -0.3 is 15.5 Å². The lowest BCUT2D eigenvalue weighted by molar-refractivity contribution is -0.137. The number of nitrogens with one attached hydrogen (secondary N) is 2. The lowest BCUT2D eigenvalue weighted by Gasteiger charge is -2.30. The molecular formula is C25H25F3N6O2. The summed E-state index contributed by atoms with van der Waals surface area (Å²) >= 11 is 0. The molecule has 11 heteroatoms. The quantitative estimate of drug-likeness (QED) is 0.522. The minimum Gasteiger partial charge on any atom is -0.373 e. The predicted octanol–water partition coefficient (Wildman–Crippen LogP) is 5.11. The zero-order valence-corrected chi connectivity index (χ0v) is 20.0. The number of nitrogens with zero attached hydrogens (tertiary/aromatic N) is 4. The Morgan fingerprint density at radius 3 is 2.58 bits per heavy atom. The molecule has 0 fully saturated rings. The Balaban J connectivity index is 1.59. The number of rotatable bonds is 4. The Morgan fingerprint density at radius 2 is 1.86 bits per heavy atom. The normalized spacial score (nSPS) is 13.1. The number of halogens is 3. The molecule has 188 valence electrons. The van der Waals surface area contributed by atoms with E-state index in [0.29, 0.717) is 47.8 Å². The maximum Gasteiger partial charge on any atom is 0.416 e. The van der Waals surface area contributed by atoms with Crippen LogP contribution >= 0.6 is 0 Å². The van der Waals surface area contributed by atoms with Gasteiger partial charge in [-0.05, 0) is 55.2 Å². The summed E-state index contributed by atoms with van der Waals surface area (Å²) in [4.78, 5) is 37.1. The molecule has 4 rings (SSSR count). The van der Waals surface area contributed by atoms with Crippen LogP contribution in [0.15, 0.2) is 48.8 Å². The zero-order valence-electron chi connectivity index (χ0n) is 20.0. The molecule has 2 heterocycles. The molecule has 3 amide bonds. The standard InChI is InChI=1S/C25H25F3N6O2/c1-15-6-7-17(11-19(15)32-24(36)33(3)22-13-21(29-2)30-14-31-22)23(35)34-10-4-5-16-8-9-18(12-20(16)34)25(26,27)28/h6-9,11-14H,4-5,10H2,1-3H3,(H,32,36)(H,29,30,31). The van der Waals surface area contributed by atoms with Crippen LogP contribution in [-0.2, 0) is 12.6 Å². The van der Waals surface area contributed by atoms with Crippen LogP contribution in [0.4, 0.5) is 41.0 Å². The van der Waals surface area contributed by atoms with Crippen LogP contribution in [0.5, 0.6) is 0 Å². The van der Waals surface area contributed by atoms with E-state index in [2.05, 4.69) is 20.6 Å². The number of carbonyl (C=O) groups is 2. The van der Waals surface area contributed by atoms with Crippen LogP contribution in [0, 0.1) is 6.92 Å². The van der Waals surface area contributed by atoms with Gasteiger partial charge in [0.25, 0.3) is 5.91 Å². The van der Waals surface area contributed by atoms with Crippen molar-refractivity contribution in [3.63, 3.8) is 0 Å². The first kappa shape index (κ1) is 25.0. The third-order valence-electron chi connectivity index (χ3n) is 6.06. The summed E-state index contributed by atoms with van der Waals surface area (Å²) in [6.45, 7) is 2.08. The van der Waals surface area contributed by atoms with E-state index in [1.807, 2.05) is 0 Å². The molecule has 36 heavy (non-hydrogen) atoms. The van der Waals surface area contributed by atoms with Gasteiger partial charge in [0.2, 0.25) is 0 Å². The number of amides is 3. The second kappa shape index (κ2) is 9.84. The second-order valence-corrected chi connectivity index (χ2v) is 8.43. The van der Waals surface area contributed by atoms with Crippen LogP contribution < -0.4 is 20.4 Å². The molecule has 0 aliphatic carbocycles. The number of urea groups is 1. The fourth-order valence-corrected chi connectivity index (χ4v) is 3.98. The molecule has 1 aliphatic heterocycles. The van der Waals surface area contributed by atoms with Gasteiger partial charge in [0.1, 0.15) is 18.0 Å². The highest BCUT2D eigenvalue weighted by molar-refractivity contribution is 6.08. The van der Waals surface area contributed by atoms with Gasteiger partial charge in [0.15, 0.2) is 0 Å². The number of benzene rings is 2. The second-order valence-electron chi connectivity index (χ2n) is 8.43. The van der Waals surface area contributed by atoms with Crippen LogP contribution in [0.25, 0.3) is 0 Å². The minimum absolute atomic E-state index is 0.253. The molecule has 0 spiro atoms. The molecule has 0 saturated heterocycles. The van der Waals surface area contributed by atoms with Crippen molar-refractivity contribution in [2.75, 3.05) is 41.1 Å². The molecule has 0 radical (unpaired) electrons. The van der Waals surface area contributed by atoms with Gasteiger partial charge in [-0.3, -0.25) is 9.69 Å². The van der Waals surface area contributed by atoms with Crippen molar-refractivity contribution in [2.45, 2.75) is 25.9 Å². The highest BCUT2D eigenvalue weighted by Gasteiger charge is 2.33. The van der Waals surface area contributed by atoms with E-state index >= 15 is 0 Å². The summed E-state index contributed by atoms with van der Waals surface area (Å²) < 4.78 is 39.9. The first-order chi connectivity index (χ1) is 17.1. The number of anilines is 4. The molecule has 1 aromatic heterocycles. The number of fused-ring (bicyclic) bond motifs is 1. The highest BCUT2D eigenvalue weighted by Crippen LogP contribution is 2.36. The Kier molecular flexibility index (Phi) is 6.82. The average molecular weight is 499 g/mol. The van der Waals surface area contributed by atoms with Gasteiger partial charge >= 0.3 is 12.2 Å². The number of aromatic nitrogens is 2. The maximum atomic E-state index is 13.4. The fourth-order valence-electron chi connectivity index (χ4n) is 3.98. The lowest BCUT2D eigenvalue weighted by atomic mass is 9.98. The van der Waals surface area contributed by atoms with Crippen LogP contribution in [-0.4, -0.2) is 42.5 Å². The van der Waals surface area contributed by atoms with Crippen LogP contribution in [0.2, 0.25) is 0 Å². The predicted molar refractivity (Wildman–Crippen MR) is 132 cm³/mol. The van der Waals surface area contributed by atoms with E-state index < -0.39 is 23.7 Å². The number of hydrogen-bond acceptors (Lipinski definition) is 5. The average Bonchev–Trinajstić information content (AvgIpc) is 2.87. The Bertz CT molecular complexity index is 1310. The number of aryl methyl sites for hydroxylation is 2. The Morgan fingerprint density at radius 1 is 1.08 bits per heavy atom. The van der Waals surface area contributed by atoms with Crippen molar-refractivity contribution in [1.29, 1.82) is 0 Å². The minimum atomic E-state index is -4.51. The largest absolute Gasteiger partial charge is 0.416 e. The highest BCUT2D eigenvalue weighted by atomic mass is 19.4. The molecule has 0 saturated carbocycles. The first-order valence-corrected chi connectivity index (χ1v) is 11.3. The molecule has 2 N–H and O–H groups in total. The first-order valence-electron chi connectivity index (χ1n) is 11.3. The number of hydrogen-bond donors (Lipinski definition) is 2. The van der Waals surface area contributed by atoms with Gasteiger partial charge in [-0.1, -0.05) is 12.1 Å². The van der Waals surface area contributed by atoms with Gasteiger partial charge in [-0.2, -0.15) is 13.2 Å². The van der Waals surface area contributed by atoms with Crippen LogP contribution in [0.3, 0.4) is 0 Å². The van der Waals surface area contributed by atoms with Gasteiger partial charge in [0.05, 0.1) is 5.56 Å². The SMILES string of the molecule is CNc1cc(N(C)C(=O)Nc2cc(C(=O)N3CCCc4ccc(C(F)(F)F)cc43)ccc2C)ncn1.